The van der Waals surface area contributed by atoms with E-state index in [2.05, 4.69) is 26.2 Å². The van der Waals surface area contributed by atoms with E-state index in [9.17, 15) is 0 Å². The highest BCUT2D eigenvalue weighted by Crippen LogP contribution is 2.15. The first-order valence-corrected chi connectivity index (χ1v) is 4.25. The Morgan fingerprint density at radius 1 is 1.50 bits per heavy atom. The standard InChI is InChI=1S/C11H10B/c1-3-9-5-4-8(2)10-6-7-12-11(9)10/h1,4-5H,6-7H2,2H3. The lowest BCUT2D eigenvalue weighted by molar-refractivity contribution is 1.14. The maximum Gasteiger partial charge on any atom is 0.154 e. The summed E-state index contributed by atoms with van der Waals surface area (Å²) in [6.07, 6.45) is 7.71. The molecule has 0 fully saturated rings. The zero-order valence-corrected chi connectivity index (χ0v) is 7.22. The van der Waals surface area contributed by atoms with Gasteiger partial charge in [0.2, 0.25) is 0 Å². The number of fused-ring (bicyclic) bond motifs is 1. The van der Waals surface area contributed by atoms with Gasteiger partial charge < -0.3 is 0 Å². The topological polar surface area (TPSA) is 0 Å². The van der Waals surface area contributed by atoms with Crippen LogP contribution in [0.4, 0.5) is 0 Å². The average molecular weight is 153 g/mol. The normalized spacial score (nSPS) is 13.3. The Morgan fingerprint density at radius 3 is 3.08 bits per heavy atom. The summed E-state index contributed by atoms with van der Waals surface area (Å²) in [6, 6.07) is 4.16. The van der Waals surface area contributed by atoms with Crippen molar-refractivity contribution < 1.29 is 0 Å². The Labute approximate surface area is 74.2 Å². The molecule has 1 aromatic rings. The van der Waals surface area contributed by atoms with Crippen LogP contribution in [-0.4, -0.2) is 7.28 Å². The first-order valence-electron chi connectivity index (χ1n) is 4.25. The van der Waals surface area contributed by atoms with Crippen molar-refractivity contribution in [2.24, 2.45) is 0 Å². The fraction of sp³-hybridized carbons (Fsp3) is 0.273. The van der Waals surface area contributed by atoms with Gasteiger partial charge in [0.15, 0.2) is 7.28 Å². The smallest absolute Gasteiger partial charge is 0.115 e. The minimum Gasteiger partial charge on any atom is -0.115 e. The van der Waals surface area contributed by atoms with Crippen LogP contribution < -0.4 is 5.46 Å². The van der Waals surface area contributed by atoms with Crippen molar-refractivity contribution in [2.75, 3.05) is 0 Å². The number of hydrogen-bond acceptors (Lipinski definition) is 0. The highest BCUT2D eigenvalue weighted by Gasteiger charge is 2.16. The van der Waals surface area contributed by atoms with Crippen molar-refractivity contribution in [1.82, 2.24) is 0 Å². The quantitative estimate of drug-likeness (QED) is 0.389. The van der Waals surface area contributed by atoms with E-state index in [1.807, 2.05) is 6.07 Å². The summed E-state index contributed by atoms with van der Waals surface area (Å²) in [5.74, 6) is 2.72. The molecule has 1 heteroatoms. The third-order valence-electron chi connectivity index (χ3n) is 2.49. The first kappa shape index (κ1) is 7.49. The van der Waals surface area contributed by atoms with E-state index in [4.69, 9.17) is 6.42 Å². The Kier molecular flexibility index (Phi) is 1.69. The molecule has 1 aliphatic heterocycles. The van der Waals surface area contributed by atoms with Gasteiger partial charge >= 0.3 is 0 Å². The largest absolute Gasteiger partial charge is 0.154 e. The highest BCUT2D eigenvalue weighted by atomic mass is 14.1. The third-order valence-corrected chi connectivity index (χ3v) is 2.49. The van der Waals surface area contributed by atoms with Gasteiger partial charge in [0, 0.05) is 5.56 Å². The van der Waals surface area contributed by atoms with Crippen molar-refractivity contribution in [3.05, 3.63) is 28.8 Å². The second-order valence-corrected chi connectivity index (χ2v) is 3.21. The molecule has 0 aliphatic carbocycles. The van der Waals surface area contributed by atoms with E-state index in [-0.39, 0.29) is 0 Å². The second-order valence-electron chi connectivity index (χ2n) is 3.21. The SMILES string of the molecule is C#Cc1ccc(C)c2c1[B]CC2. The van der Waals surface area contributed by atoms with Crippen LogP contribution >= 0.6 is 0 Å². The molecule has 0 amide bonds. The number of hydrogen-bond donors (Lipinski definition) is 0. The predicted octanol–water partition coefficient (Wildman–Crippen LogP) is 1.28. The first-order chi connectivity index (χ1) is 5.83. The van der Waals surface area contributed by atoms with Crippen LogP contribution in [0.5, 0.6) is 0 Å². The van der Waals surface area contributed by atoms with Crippen LogP contribution in [0.2, 0.25) is 6.32 Å². The maximum atomic E-state index is 5.40. The molecule has 0 nitrogen and oxygen atoms in total. The Hall–Kier alpha value is -1.16. The van der Waals surface area contributed by atoms with Crippen LogP contribution in [0.15, 0.2) is 12.1 Å². The summed E-state index contributed by atoms with van der Waals surface area (Å²) in [5.41, 5.74) is 5.17. The van der Waals surface area contributed by atoms with Crippen molar-refractivity contribution >= 4 is 12.7 Å². The van der Waals surface area contributed by atoms with Gasteiger partial charge in [-0.2, -0.15) is 0 Å². The molecular formula is C11H10B. The van der Waals surface area contributed by atoms with Gasteiger partial charge in [0.25, 0.3) is 0 Å². The maximum absolute atomic E-state index is 5.40. The van der Waals surface area contributed by atoms with E-state index in [0.29, 0.717) is 0 Å². The van der Waals surface area contributed by atoms with E-state index in [0.717, 1.165) is 18.3 Å². The van der Waals surface area contributed by atoms with Gasteiger partial charge in [-0.25, -0.2) is 0 Å². The lowest BCUT2D eigenvalue weighted by atomic mass is 9.70. The Morgan fingerprint density at radius 2 is 2.33 bits per heavy atom. The molecule has 0 unspecified atom stereocenters. The lowest BCUT2D eigenvalue weighted by Crippen LogP contribution is -2.15. The van der Waals surface area contributed by atoms with Gasteiger partial charge in [0.05, 0.1) is 0 Å². The molecule has 0 saturated carbocycles. The molecule has 0 spiro atoms. The van der Waals surface area contributed by atoms with E-state index in [1.165, 1.54) is 16.6 Å². The number of rotatable bonds is 0. The molecule has 1 aliphatic rings. The summed E-state index contributed by atoms with van der Waals surface area (Å²) in [7, 11) is 2.25. The van der Waals surface area contributed by atoms with E-state index >= 15 is 0 Å². The van der Waals surface area contributed by atoms with Gasteiger partial charge in [-0.1, -0.05) is 29.3 Å². The molecule has 1 aromatic carbocycles. The summed E-state index contributed by atoms with van der Waals surface area (Å²) < 4.78 is 0. The molecule has 1 radical (unpaired) electrons. The minimum atomic E-state index is 1.05. The minimum absolute atomic E-state index is 1.05. The van der Waals surface area contributed by atoms with Gasteiger partial charge in [-0.05, 0) is 25.0 Å². The molecule has 57 valence electrons. The van der Waals surface area contributed by atoms with Crippen molar-refractivity contribution in [3.63, 3.8) is 0 Å². The molecule has 0 N–H and O–H groups in total. The summed E-state index contributed by atoms with van der Waals surface area (Å²) in [5, 5.41) is 0. The van der Waals surface area contributed by atoms with E-state index in [1.54, 1.807) is 0 Å². The predicted molar refractivity (Wildman–Crippen MR) is 53.0 cm³/mol. The Bertz CT molecular complexity index is 358. The number of aryl methyl sites for hydroxylation is 1. The monoisotopic (exact) mass is 153 g/mol. The molecule has 1 heterocycles. The van der Waals surface area contributed by atoms with Crippen LogP contribution in [0, 0.1) is 19.3 Å². The molecule has 0 aromatic heterocycles. The van der Waals surface area contributed by atoms with Gasteiger partial charge in [-0.15, -0.1) is 6.42 Å². The summed E-state index contributed by atoms with van der Waals surface area (Å²) >= 11 is 0. The van der Waals surface area contributed by atoms with Gasteiger partial charge in [-0.3, -0.25) is 0 Å². The molecular weight excluding hydrogens is 143 g/mol. The van der Waals surface area contributed by atoms with E-state index < -0.39 is 0 Å². The van der Waals surface area contributed by atoms with Crippen LogP contribution in [0.1, 0.15) is 16.7 Å². The number of benzene rings is 1. The summed E-state index contributed by atoms with van der Waals surface area (Å²) in [4.78, 5) is 0. The molecule has 0 bridgehead atoms. The zero-order chi connectivity index (χ0) is 8.55. The number of terminal acetylenes is 1. The zero-order valence-electron chi connectivity index (χ0n) is 7.22. The van der Waals surface area contributed by atoms with Crippen LogP contribution in [0.3, 0.4) is 0 Å². The van der Waals surface area contributed by atoms with Crippen LogP contribution in [0.25, 0.3) is 0 Å². The van der Waals surface area contributed by atoms with Crippen molar-refractivity contribution in [2.45, 2.75) is 19.7 Å². The molecule has 2 rings (SSSR count). The van der Waals surface area contributed by atoms with Crippen molar-refractivity contribution in [1.29, 1.82) is 0 Å². The summed E-state index contributed by atoms with van der Waals surface area (Å²) in [6.45, 7) is 2.15. The highest BCUT2D eigenvalue weighted by molar-refractivity contribution is 6.56. The Balaban J connectivity index is 2.66. The van der Waals surface area contributed by atoms with Crippen molar-refractivity contribution in [3.8, 4) is 12.3 Å². The lowest BCUT2D eigenvalue weighted by Gasteiger charge is -2.05. The average Bonchev–Trinajstić information content (AvgIpc) is 2.54. The fourth-order valence-electron chi connectivity index (χ4n) is 1.83. The molecule has 0 saturated heterocycles. The molecule has 12 heavy (non-hydrogen) atoms. The fourth-order valence-corrected chi connectivity index (χ4v) is 1.83. The van der Waals surface area contributed by atoms with Crippen LogP contribution in [-0.2, 0) is 6.42 Å². The molecule has 0 atom stereocenters. The van der Waals surface area contributed by atoms with Gasteiger partial charge in [0.1, 0.15) is 0 Å². The second kappa shape index (κ2) is 2.71. The third kappa shape index (κ3) is 0.957.